The van der Waals surface area contributed by atoms with Crippen LogP contribution in [0.25, 0.3) is 0 Å². The van der Waals surface area contributed by atoms with E-state index in [1.54, 1.807) is 12.3 Å². The zero-order valence-electron chi connectivity index (χ0n) is 4.70. The molecule has 1 heterocycles. The molecule has 0 unspecified atom stereocenters. The Morgan fingerprint density at radius 2 is 2.44 bits per heavy atom. The Hall–Kier alpha value is -0.830. The van der Waals surface area contributed by atoms with Crippen LogP contribution in [0, 0.1) is 0 Å². The molecule has 4 heteroatoms. The third-order valence-corrected chi connectivity index (χ3v) is 0.777. The van der Waals surface area contributed by atoms with Crippen LogP contribution >= 0.6 is 12.4 Å². The van der Waals surface area contributed by atoms with Crippen LogP contribution in [0.2, 0.25) is 0 Å². The molecule has 0 aromatic carbocycles. The lowest BCUT2D eigenvalue weighted by molar-refractivity contribution is -0.116. The van der Waals surface area contributed by atoms with Crippen LogP contribution in [0.15, 0.2) is 17.3 Å². The number of hydrogen-bond acceptors (Lipinski definition) is 2. The molecule has 1 amide bonds. The highest BCUT2D eigenvalue weighted by Crippen LogP contribution is 1.82. The molecule has 0 fully saturated rings. The van der Waals surface area contributed by atoms with E-state index in [4.69, 9.17) is 0 Å². The van der Waals surface area contributed by atoms with Crippen molar-refractivity contribution in [3.8, 4) is 0 Å². The fourth-order valence-electron chi connectivity index (χ4n) is 0.435. The number of allylic oxidation sites excluding steroid dienone is 1. The lowest BCUT2D eigenvalue weighted by atomic mass is 10.4. The van der Waals surface area contributed by atoms with Crippen LogP contribution in [0.4, 0.5) is 0 Å². The number of carbonyl (C=O) groups is 1. The summed E-state index contributed by atoms with van der Waals surface area (Å²) in [6.07, 6.45) is 5.60. The van der Waals surface area contributed by atoms with Crippen LogP contribution in [0.5, 0.6) is 0 Å². The summed E-state index contributed by atoms with van der Waals surface area (Å²) in [5, 5.41) is 3.56. The summed E-state index contributed by atoms with van der Waals surface area (Å²) in [5.74, 6) is -0.154. The summed E-state index contributed by atoms with van der Waals surface area (Å²) < 4.78 is 0. The van der Waals surface area contributed by atoms with Gasteiger partial charge >= 0.3 is 0 Å². The van der Waals surface area contributed by atoms with Crippen molar-refractivity contribution in [2.24, 2.45) is 5.10 Å². The highest BCUT2D eigenvalue weighted by molar-refractivity contribution is 5.89. The molecule has 0 aromatic heterocycles. The van der Waals surface area contributed by atoms with Crippen LogP contribution in [-0.2, 0) is 4.79 Å². The highest BCUT2D eigenvalue weighted by Gasteiger charge is 1.91. The number of hydrazone groups is 1. The second-order valence-electron chi connectivity index (χ2n) is 1.43. The summed E-state index contributed by atoms with van der Waals surface area (Å²) in [7, 11) is 0. The van der Waals surface area contributed by atoms with Gasteiger partial charge in [-0.3, -0.25) is 4.79 Å². The van der Waals surface area contributed by atoms with Crippen molar-refractivity contribution < 1.29 is 4.79 Å². The van der Waals surface area contributed by atoms with Crippen molar-refractivity contribution in [2.45, 2.75) is 6.42 Å². The van der Waals surface area contributed by atoms with Crippen LogP contribution < -0.4 is 5.43 Å². The van der Waals surface area contributed by atoms with Gasteiger partial charge in [0.2, 0.25) is 0 Å². The summed E-state index contributed by atoms with van der Waals surface area (Å²) in [6.45, 7) is 0. The number of amides is 1. The molecule has 0 radical (unpaired) electrons. The number of rotatable bonds is 0. The van der Waals surface area contributed by atoms with E-state index in [1.807, 2.05) is 0 Å². The Morgan fingerprint density at radius 3 is 3.22 bits per heavy atom. The molecule has 0 aromatic rings. The van der Waals surface area contributed by atoms with E-state index in [2.05, 4.69) is 10.5 Å². The summed E-state index contributed by atoms with van der Waals surface area (Å²) in [6, 6.07) is 0. The molecule has 0 aliphatic carbocycles. The molecule has 0 atom stereocenters. The van der Waals surface area contributed by atoms with Crippen molar-refractivity contribution >= 4 is 24.5 Å². The zero-order chi connectivity index (χ0) is 5.82. The first-order valence-electron chi connectivity index (χ1n) is 2.37. The minimum Gasteiger partial charge on any atom is -0.268 e. The van der Waals surface area contributed by atoms with Gasteiger partial charge in [0.1, 0.15) is 0 Å². The SMILES string of the molecule is Cl.O=C1C=CCC=NN1. The molecule has 3 nitrogen and oxygen atoms in total. The predicted octanol–water partition coefficient (Wildman–Crippen LogP) is 0.470. The van der Waals surface area contributed by atoms with Crippen LogP contribution in [0.1, 0.15) is 6.42 Å². The molecule has 1 aliphatic rings. The first-order valence-corrected chi connectivity index (χ1v) is 2.37. The molecule has 50 valence electrons. The van der Waals surface area contributed by atoms with E-state index in [0.717, 1.165) is 6.42 Å². The number of carbonyl (C=O) groups excluding carboxylic acids is 1. The summed E-state index contributed by atoms with van der Waals surface area (Å²) in [4.78, 5) is 10.4. The first-order chi connectivity index (χ1) is 3.89. The molecule has 9 heavy (non-hydrogen) atoms. The number of hydrogen-bond donors (Lipinski definition) is 1. The predicted molar refractivity (Wildman–Crippen MR) is 37.6 cm³/mol. The van der Waals surface area contributed by atoms with E-state index in [-0.39, 0.29) is 18.3 Å². The standard InChI is InChI=1S/C5H6N2O.ClH/c8-5-3-1-2-4-6-7-5;/h1,3-4H,2H2,(H,7,8);1H. The number of halogens is 1. The fraction of sp³-hybridized carbons (Fsp3) is 0.200. The minimum atomic E-state index is -0.154. The van der Waals surface area contributed by atoms with Gasteiger partial charge in [-0.2, -0.15) is 5.10 Å². The molecule has 1 aliphatic heterocycles. The second kappa shape index (κ2) is 4.09. The first kappa shape index (κ1) is 8.17. The maximum absolute atomic E-state index is 10.4. The van der Waals surface area contributed by atoms with Crippen molar-refractivity contribution in [1.29, 1.82) is 0 Å². The Kier molecular flexibility index (Phi) is 3.71. The van der Waals surface area contributed by atoms with Crippen molar-refractivity contribution in [1.82, 2.24) is 5.43 Å². The quantitative estimate of drug-likeness (QED) is 0.531. The normalized spacial score (nSPS) is 15.8. The largest absolute Gasteiger partial charge is 0.268 e. The molecular weight excluding hydrogens is 140 g/mol. The van der Waals surface area contributed by atoms with Gasteiger partial charge < -0.3 is 0 Å². The molecular formula is C5H7ClN2O. The van der Waals surface area contributed by atoms with Crippen molar-refractivity contribution in [3.05, 3.63) is 12.2 Å². The highest BCUT2D eigenvalue weighted by atomic mass is 35.5. The van der Waals surface area contributed by atoms with E-state index in [0.29, 0.717) is 0 Å². The third kappa shape index (κ3) is 2.87. The number of nitrogens with one attached hydrogen (secondary N) is 1. The number of nitrogens with zero attached hydrogens (tertiary/aromatic N) is 1. The third-order valence-electron chi connectivity index (χ3n) is 0.777. The monoisotopic (exact) mass is 146 g/mol. The van der Waals surface area contributed by atoms with E-state index in [9.17, 15) is 4.79 Å². The average molecular weight is 147 g/mol. The Labute approximate surface area is 59.2 Å². The topological polar surface area (TPSA) is 41.5 Å². The van der Waals surface area contributed by atoms with E-state index in [1.165, 1.54) is 6.08 Å². The fourth-order valence-corrected chi connectivity index (χ4v) is 0.435. The van der Waals surface area contributed by atoms with Crippen LogP contribution in [-0.4, -0.2) is 12.1 Å². The van der Waals surface area contributed by atoms with E-state index < -0.39 is 0 Å². The Morgan fingerprint density at radius 1 is 1.67 bits per heavy atom. The maximum Gasteiger partial charge on any atom is 0.263 e. The lowest BCUT2D eigenvalue weighted by Crippen LogP contribution is -2.12. The lowest BCUT2D eigenvalue weighted by Gasteiger charge is -1.84. The van der Waals surface area contributed by atoms with Crippen LogP contribution in [0.3, 0.4) is 0 Å². The molecule has 1 rings (SSSR count). The van der Waals surface area contributed by atoms with Gasteiger partial charge in [-0.15, -0.1) is 12.4 Å². The van der Waals surface area contributed by atoms with Gasteiger partial charge in [0.15, 0.2) is 0 Å². The molecule has 0 saturated carbocycles. The molecule has 0 bridgehead atoms. The second-order valence-corrected chi connectivity index (χ2v) is 1.43. The van der Waals surface area contributed by atoms with Gasteiger partial charge in [0, 0.05) is 18.7 Å². The van der Waals surface area contributed by atoms with Gasteiger partial charge in [-0.05, 0) is 0 Å². The molecule has 1 N–H and O–H groups in total. The van der Waals surface area contributed by atoms with Gasteiger partial charge in [0.25, 0.3) is 5.91 Å². The maximum atomic E-state index is 10.4. The Balaban J connectivity index is 0.000000640. The van der Waals surface area contributed by atoms with Crippen molar-refractivity contribution in [2.75, 3.05) is 0 Å². The van der Waals surface area contributed by atoms with Gasteiger partial charge in [0.05, 0.1) is 0 Å². The zero-order valence-corrected chi connectivity index (χ0v) is 5.52. The van der Waals surface area contributed by atoms with Gasteiger partial charge in [-0.1, -0.05) is 6.08 Å². The Bertz CT molecular complexity index is 153. The average Bonchev–Trinajstić information content (AvgIpc) is 1.94. The minimum absolute atomic E-state index is 0. The smallest absolute Gasteiger partial charge is 0.263 e. The molecule has 0 spiro atoms. The van der Waals surface area contributed by atoms with Gasteiger partial charge in [-0.25, -0.2) is 5.43 Å². The molecule has 0 saturated heterocycles. The van der Waals surface area contributed by atoms with E-state index >= 15 is 0 Å². The summed E-state index contributed by atoms with van der Waals surface area (Å²) in [5.41, 5.74) is 2.29. The van der Waals surface area contributed by atoms with Crippen molar-refractivity contribution in [3.63, 3.8) is 0 Å². The summed E-state index contributed by atoms with van der Waals surface area (Å²) >= 11 is 0.